The summed E-state index contributed by atoms with van der Waals surface area (Å²) in [6, 6.07) is 15.0. The summed E-state index contributed by atoms with van der Waals surface area (Å²) in [5.74, 6) is 0. The third-order valence-electron chi connectivity index (χ3n) is 8.35. The summed E-state index contributed by atoms with van der Waals surface area (Å²) >= 11 is 6.72. The van der Waals surface area contributed by atoms with Crippen LogP contribution in [0, 0.1) is 11.3 Å². The van der Waals surface area contributed by atoms with E-state index in [4.69, 9.17) is 21.3 Å². The molecule has 3 aromatic rings. The number of hydrogen-bond acceptors (Lipinski definition) is 9. The zero-order valence-electron chi connectivity index (χ0n) is 22.2. The van der Waals surface area contributed by atoms with E-state index < -0.39 is 5.72 Å². The molecule has 2 N–H and O–H groups in total. The minimum absolute atomic E-state index is 0.0185. The molecule has 9 nitrogen and oxygen atoms in total. The molecule has 6 rings (SSSR count). The van der Waals surface area contributed by atoms with E-state index in [0.29, 0.717) is 49.9 Å². The largest absolute Gasteiger partial charge is 0.462 e. The highest BCUT2D eigenvalue weighted by atomic mass is 35.5. The Bertz CT molecular complexity index is 1390. The number of aliphatic hydroxyl groups is 1. The average Bonchev–Trinajstić information content (AvgIpc) is 3.35. The number of rotatable bonds is 6. The number of hydrogen-bond donors (Lipinski definition) is 2. The van der Waals surface area contributed by atoms with Gasteiger partial charge in [0, 0.05) is 55.1 Å². The molecule has 2 fully saturated rings. The van der Waals surface area contributed by atoms with Crippen LogP contribution in [0.15, 0.2) is 42.6 Å². The van der Waals surface area contributed by atoms with Crippen molar-refractivity contribution >= 4 is 28.1 Å². The fraction of sp³-hybridized carbons (Fsp3) is 0.483. The second kappa shape index (κ2) is 10.9. The Morgan fingerprint density at radius 3 is 2.90 bits per heavy atom. The van der Waals surface area contributed by atoms with Crippen molar-refractivity contribution in [2.75, 3.05) is 51.3 Å². The van der Waals surface area contributed by atoms with Crippen LogP contribution in [0.2, 0.25) is 5.02 Å². The average molecular weight is 548 g/mol. The number of nitriles is 1. The fourth-order valence-electron chi connectivity index (χ4n) is 6.25. The predicted octanol–water partition coefficient (Wildman–Crippen LogP) is 3.32. The van der Waals surface area contributed by atoms with Gasteiger partial charge in [-0.3, -0.25) is 10.2 Å². The van der Waals surface area contributed by atoms with Crippen LogP contribution >= 0.6 is 11.6 Å². The van der Waals surface area contributed by atoms with Gasteiger partial charge in [0.25, 0.3) is 0 Å². The highest BCUT2D eigenvalue weighted by molar-refractivity contribution is 6.36. The summed E-state index contributed by atoms with van der Waals surface area (Å²) in [6.07, 6.45) is 4.21. The summed E-state index contributed by atoms with van der Waals surface area (Å²) in [7, 11) is 2.13. The van der Waals surface area contributed by atoms with Crippen LogP contribution in [0.5, 0.6) is 6.01 Å². The lowest BCUT2D eigenvalue weighted by Gasteiger charge is -2.46. The van der Waals surface area contributed by atoms with Gasteiger partial charge in [0.05, 0.1) is 35.8 Å². The van der Waals surface area contributed by atoms with Crippen LogP contribution in [0.3, 0.4) is 0 Å². The first kappa shape index (κ1) is 26.2. The number of β-amino-alcohol motifs (C(OH)–C–C–N with tert-alkyl or cyclic N) is 1. The Morgan fingerprint density at radius 2 is 2.10 bits per heavy atom. The summed E-state index contributed by atoms with van der Waals surface area (Å²) in [6.45, 7) is 4.58. The van der Waals surface area contributed by atoms with Crippen LogP contribution in [0.4, 0.5) is 5.69 Å². The first-order chi connectivity index (χ1) is 18.9. The Labute approximate surface area is 233 Å². The monoisotopic (exact) mass is 547 g/mol. The molecule has 2 saturated heterocycles. The molecule has 4 heterocycles. The normalized spacial score (nSPS) is 25.9. The second-order valence-electron chi connectivity index (χ2n) is 10.9. The van der Waals surface area contributed by atoms with Crippen molar-refractivity contribution in [1.29, 1.82) is 5.26 Å². The van der Waals surface area contributed by atoms with Crippen molar-refractivity contribution in [1.82, 2.24) is 25.1 Å². The second-order valence-corrected chi connectivity index (χ2v) is 11.3. The number of halogens is 1. The number of likely N-dealkylation sites (N-methyl/N-ethyl adjacent to an activating group) is 1. The Kier molecular flexibility index (Phi) is 7.31. The van der Waals surface area contributed by atoms with E-state index in [2.05, 4.69) is 62.4 Å². The van der Waals surface area contributed by atoms with Crippen molar-refractivity contribution in [3.8, 4) is 12.1 Å². The van der Waals surface area contributed by atoms with Crippen LogP contribution in [-0.4, -0.2) is 83.0 Å². The maximum absolute atomic E-state index is 11.1. The predicted molar refractivity (Wildman–Crippen MR) is 151 cm³/mol. The quantitative estimate of drug-likeness (QED) is 0.481. The fourth-order valence-corrected chi connectivity index (χ4v) is 6.53. The van der Waals surface area contributed by atoms with Crippen molar-refractivity contribution in [2.45, 2.75) is 43.6 Å². The van der Waals surface area contributed by atoms with Gasteiger partial charge in [-0.15, -0.1) is 0 Å². The van der Waals surface area contributed by atoms with Crippen molar-refractivity contribution in [3.05, 3.63) is 58.9 Å². The molecule has 2 aromatic carbocycles. The Morgan fingerprint density at radius 1 is 1.26 bits per heavy atom. The van der Waals surface area contributed by atoms with Crippen LogP contribution < -0.4 is 15.0 Å². The number of likely N-dealkylation sites (tertiary alicyclic amines) is 1. The molecule has 1 unspecified atom stereocenters. The number of benzene rings is 2. The molecule has 39 heavy (non-hydrogen) atoms. The van der Waals surface area contributed by atoms with Crippen LogP contribution in [0.1, 0.15) is 36.6 Å². The summed E-state index contributed by atoms with van der Waals surface area (Å²) < 4.78 is 6.10. The van der Waals surface area contributed by atoms with Crippen molar-refractivity contribution < 1.29 is 9.84 Å². The van der Waals surface area contributed by atoms with Gasteiger partial charge in [-0.2, -0.15) is 10.2 Å². The third-order valence-corrected chi connectivity index (χ3v) is 8.66. The van der Waals surface area contributed by atoms with E-state index >= 15 is 0 Å². The topological polar surface area (TPSA) is 101 Å². The smallest absolute Gasteiger partial charge is 0.316 e. The van der Waals surface area contributed by atoms with Gasteiger partial charge in [-0.05, 0) is 44.0 Å². The number of ether oxygens (including phenoxy) is 1. The molecule has 204 valence electrons. The van der Waals surface area contributed by atoms with E-state index in [0.717, 1.165) is 47.2 Å². The number of anilines is 1. The zero-order valence-corrected chi connectivity index (χ0v) is 22.9. The molecule has 0 aliphatic carbocycles. The standard InChI is InChI=1S/C29H34ClN7O2/c1-35-13-4-7-21(35)18-39-28-32-15-22-24(34-28)16-37(25-9-3-6-20-5-2-8-23(30)27(20)25)17-26(22)36-14-12-33-29(38,19-36)10-11-31/h2-3,5-6,8-9,15,21,26,33,38H,4,7,10,12-14,16-19H2,1H3/t21-,26?,29-/m0/s1. The van der Waals surface area contributed by atoms with E-state index in [-0.39, 0.29) is 12.5 Å². The minimum atomic E-state index is -1.25. The number of aromatic nitrogens is 2. The maximum Gasteiger partial charge on any atom is 0.316 e. The lowest BCUT2D eigenvalue weighted by atomic mass is 9.95. The highest BCUT2D eigenvalue weighted by Crippen LogP contribution is 2.39. The van der Waals surface area contributed by atoms with Gasteiger partial charge < -0.3 is 19.6 Å². The van der Waals surface area contributed by atoms with E-state index in [1.54, 1.807) is 0 Å². The lowest BCUT2D eigenvalue weighted by Crippen LogP contribution is -2.62. The number of piperazine rings is 1. The number of nitrogens with one attached hydrogen (secondary N) is 1. The zero-order chi connectivity index (χ0) is 27.0. The first-order valence-electron chi connectivity index (χ1n) is 13.6. The van der Waals surface area contributed by atoms with Crippen LogP contribution in [-0.2, 0) is 6.54 Å². The number of nitrogens with zero attached hydrogens (tertiary/aromatic N) is 6. The van der Waals surface area contributed by atoms with Gasteiger partial charge in [0.15, 0.2) is 0 Å². The summed E-state index contributed by atoms with van der Waals surface area (Å²) in [4.78, 5) is 16.4. The molecular formula is C29H34ClN7O2. The first-order valence-corrected chi connectivity index (χ1v) is 14.0. The highest BCUT2D eigenvalue weighted by Gasteiger charge is 2.39. The van der Waals surface area contributed by atoms with Crippen molar-refractivity contribution in [2.24, 2.45) is 0 Å². The molecule has 0 spiro atoms. The third kappa shape index (κ3) is 5.28. The van der Waals surface area contributed by atoms with Gasteiger partial charge >= 0.3 is 6.01 Å². The SMILES string of the molecule is CN1CCC[C@H]1COc1ncc2c(n1)CN(c1cccc3cccc(Cl)c13)CC2N1CCN[C@](O)(CC#N)C1. The van der Waals surface area contributed by atoms with Gasteiger partial charge in [0.2, 0.25) is 0 Å². The van der Waals surface area contributed by atoms with Gasteiger partial charge in [-0.25, -0.2) is 4.98 Å². The van der Waals surface area contributed by atoms with Crippen LogP contribution in [0.25, 0.3) is 10.8 Å². The Balaban J connectivity index is 1.35. The molecule has 0 bridgehead atoms. The molecule has 0 radical (unpaired) electrons. The van der Waals surface area contributed by atoms with Crippen molar-refractivity contribution in [3.63, 3.8) is 0 Å². The minimum Gasteiger partial charge on any atom is -0.462 e. The molecule has 10 heteroatoms. The lowest BCUT2D eigenvalue weighted by molar-refractivity contribution is -0.0580. The number of fused-ring (bicyclic) bond motifs is 2. The maximum atomic E-state index is 11.1. The molecule has 3 aliphatic rings. The summed E-state index contributed by atoms with van der Waals surface area (Å²) in [5, 5.41) is 26.3. The van der Waals surface area contributed by atoms with E-state index in [1.165, 1.54) is 6.42 Å². The Hall–Kier alpha value is -3.00. The van der Waals surface area contributed by atoms with Gasteiger partial charge in [0.1, 0.15) is 12.3 Å². The molecule has 0 amide bonds. The van der Waals surface area contributed by atoms with Gasteiger partial charge in [-0.1, -0.05) is 35.9 Å². The summed E-state index contributed by atoms with van der Waals surface area (Å²) in [5.41, 5.74) is 1.73. The molecular weight excluding hydrogens is 514 g/mol. The molecule has 3 atom stereocenters. The van der Waals surface area contributed by atoms with E-state index in [9.17, 15) is 10.4 Å². The molecule has 3 aliphatic heterocycles. The van der Waals surface area contributed by atoms with E-state index in [1.807, 2.05) is 18.3 Å². The molecule has 0 saturated carbocycles. The molecule has 1 aromatic heterocycles.